The third-order valence-electron chi connectivity index (χ3n) is 3.17. The van der Waals surface area contributed by atoms with Crippen LogP contribution in [0.25, 0.3) is 10.9 Å². The normalized spacial score (nSPS) is 11.8. The van der Waals surface area contributed by atoms with E-state index in [1.54, 1.807) is 39.3 Å². The average Bonchev–Trinajstić information content (AvgIpc) is 2.75. The van der Waals surface area contributed by atoms with Gasteiger partial charge in [0.25, 0.3) is 0 Å². The number of hydrogen-bond donors (Lipinski definition) is 2. The molecule has 0 fully saturated rings. The summed E-state index contributed by atoms with van der Waals surface area (Å²) in [6, 6.07) is 3.46. The highest BCUT2D eigenvalue weighted by Crippen LogP contribution is 2.38. The van der Waals surface area contributed by atoms with Crippen molar-refractivity contribution in [1.29, 1.82) is 0 Å². The van der Waals surface area contributed by atoms with Gasteiger partial charge in [0.1, 0.15) is 5.75 Å². The van der Waals surface area contributed by atoms with E-state index in [1.807, 2.05) is 0 Å². The standard InChI is InChI=1S/C13H14ClNO3/c1-13(2,12(16)17)7-6-15-11-9(18-3)5-4-8(14)10(7)11/h4-6,15H,1-3H3,(H,16,17). The van der Waals surface area contributed by atoms with Crippen LogP contribution in [0.1, 0.15) is 19.4 Å². The van der Waals surface area contributed by atoms with Crippen LogP contribution in [0.4, 0.5) is 0 Å². The lowest BCUT2D eigenvalue weighted by atomic mass is 9.84. The zero-order chi connectivity index (χ0) is 13.5. The van der Waals surface area contributed by atoms with Gasteiger partial charge in [-0.3, -0.25) is 4.79 Å². The molecule has 2 rings (SSSR count). The van der Waals surface area contributed by atoms with E-state index in [0.29, 0.717) is 27.2 Å². The van der Waals surface area contributed by atoms with Gasteiger partial charge in [-0.25, -0.2) is 0 Å². The highest BCUT2D eigenvalue weighted by molar-refractivity contribution is 6.36. The maximum atomic E-state index is 11.3. The Kier molecular flexibility index (Phi) is 2.99. The number of halogens is 1. The molecule has 1 heterocycles. The topological polar surface area (TPSA) is 62.3 Å². The molecule has 2 N–H and O–H groups in total. The van der Waals surface area contributed by atoms with Crippen molar-refractivity contribution >= 4 is 28.5 Å². The molecule has 0 aliphatic rings. The molecule has 0 saturated carbocycles. The molecule has 96 valence electrons. The van der Waals surface area contributed by atoms with Crippen molar-refractivity contribution < 1.29 is 14.6 Å². The summed E-state index contributed by atoms with van der Waals surface area (Å²) in [4.78, 5) is 14.4. The molecule has 0 bridgehead atoms. The van der Waals surface area contributed by atoms with Crippen molar-refractivity contribution in [3.05, 3.63) is 28.9 Å². The lowest BCUT2D eigenvalue weighted by Crippen LogP contribution is -2.28. The fourth-order valence-corrected chi connectivity index (χ4v) is 2.22. The molecular formula is C13H14ClNO3. The fraction of sp³-hybridized carbons (Fsp3) is 0.308. The minimum absolute atomic E-state index is 0.511. The molecule has 1 aromatic heterocycles. The number of carboxylic acids is 1. The molecule has 0 atom stereocenters. The Balaban J connectivity index is 2.79. The van der Waals surface area contributed by atoms with Crippen molar-refractivity contribution in [2.45, 2.75) is 19.3 Å². The molecule has 2 aromatic rings. The molecule has 0 saturated heterocycles. The summed E-state index contributed by atoms with van der Waals surface area (Å²) in [6.45, 7) is 3.29. The maximum absolute atomic E-state index is 11.3. The molecule has 18 heavy (non-hydrogen) atoms. The maximum Gasteiger partial charge on any atom is 0.313 e. The molecule has 0 aliphatic heterocycles. The summed E-state index contributed by atoms with van der Waals surface area (Å²) < 4.78 is 5.23. The number of rotatable bonds is 3. The Morgan fingerprint density at radius 2 is 2.11 bits per heavy atom. The summed E-state index contributed by atoms with van der Waals surface area (Å²) in [5, 5.41) is 10.5. The molecule has 1 aromatic carbocycles. The first kappa shape index (κ1) is 12.8. The Labute approximate surface area is 110 Å². The van der Waals surface area contributed by atoms with E-state index in [-0.39, 0.29) is 0 Å². The first-order valence-electron chi connectivity index (χ1n) is 5.47. The monoisotopic (exact) mass is 267 g/mol. The molecular weight excluding hydrogens is 254 g/mol. The summed E-state index contributed by atoms with van der Waals surface area (Å²) in [5.74, 6) is -0.260. The van der Waals surface area contributed by atoms with Crippen LogP contribution in [0, 0.1) is 0 Å². The van der Waals surface area contributed by atoms with Gasteiger partial charge in [-0.1, -0.05) is 11.6 Å². The number of methoxy groups -OCH3 is 1. The van der Waals surface area contributed by atoms with Gasteiger partial charge in [-0.05, 0) is 31.5 Å². The minimum Gasteiger partial charge on any atom is -0.495 e. The van der Waals surface area contributed by atoms with Crippen LogP contribution in [0.5, 0.6) is 5.75 Å². The zero-order valence-electron chi connectivity index (χ0n) is 10.4. The van der Waals surface area contributed by atoms with Crippen LogP contribution in [0.2, 0.25) is 5.02 Å². The van der Waals surface area contributed by atoms with Gasteiger partial charge in [0.2, 0.25) is 0 Å². The van der Waals surface area contributed by atoms with E-state index >= 15 is 0 Å². The predicted octanol–water partition coefficient (Wildman–Crippen LogP) is 3.19. The van der Waals surface area contributed by atoms with E-state index < -0.39 is 11.4 Å². The van der Waals surface area contributed by atoms with E-state index in [0.717, 1.165) is 0 Å². The summed E-state index contributed by atoms with van der Waals surface area (Å²) in [5.41, 5.74) is 0.345. The molecule has 4 nitrogen and oxygen atoms in total. The van der Waals surface area contributed by atoms with Gasteiger partial charge in [0.15, 0.2) is 0 Å². The highest BCUT2D eigenvalue weighted by Gasteiger charge is 2.33. The smallest absolute Gasteiger partial charge is 0.313 e. The summed E-state index contributed by atoms with van der Waals surface area (Å²) in [6.07, 6.45) is 1.67. The Bertz CT molecular complexity index is 616. The Morgan fingerprint density at radius 1 is 1.44 bits per heavy atom. The van der Waals surface area contributed by atoms with Crippen molar-refractivity contribution in [3.63, 3.8) is 0 Å². The Hall–Kier alpha value is -1.68. The van der Waals surface area contributed by atoms with Crippen LogP contribution >= 0.6 is 11.6 Å². The highest BCUT2D eigenvalue weighted by atomic mass is 35.5. The lowest BCUT2D eigenvalue weighted by molar-refractivity contribution is -0.142. The predicted molar refractivity (Wildman–Crippen MR) is 70.5 cm³/mol. The van der Waals surface area contributed by atoms with Gasteiger partial charge in [-0.2, -0.15) is 0 Å². The number of H-pyrrole nitrogens is 1. The number of carboxylic acid groups (broad SMARTS) is 1. The molecule has 0 aliphatic carbocycles. The fourth-order valence-electron chi connectivity index (χ4n) is 1.96. The third kappa shape index (κ3) is 1.73. The first-order valence-corrected chi connectivity index (χ1v) is 5.85. The van der Waals surface area contributed by atoms with Crippen LogP contribution in [-0.2, 0) is 10.2 Å². The second-order valence-corrected chi connectivity index (χ2v) is 5.04. The number of aliphatic carboxylic acids is 1. The Morgan fingerprint density at radius 3 is 2.67 bits per heavy atom. The number of aromatic nitrogens is 1. The van der Waals surface area contributed by atoms with Crippen molar-refractivity contribution in [3.8, 4) is 5.75 Å². The second kappa shape index (κ2) is 4.21. The molecule has 0 unspecified atom stereocenters. The van der Waals surface area contributed by atoms with Crippen molar-refractivity contribution in [2.75, 3.05) is 7.11 Å². The average molecular weight is 268 g/mol. The van der Waals surface area contributed by atoms with Gasteiger partial charge < -0.3 is 14.8 Å². The summed E-state index contributed by atoms with van der Waals surface area (Å²) >= 11 is 6.17. The van der Waals surface area contributed by atoms with Gasteiger partial charge in [0.05, 0.1) is 23.1 Å². The van der Waals surface area contributed by atoms with Crippen LogP contribution < -0.4 is 4.74 Å². The summed E-state index contributed by atoms with van der Waals surface area (Å²) in [7, 11) is 1.56. The first-order chi connectivity index (χ1) is 8.39. The number of nitrogens with one attached hydrogen (secondary N) is 1. The van der Waals surface area contributed by atoms with Crippen molar-refractivity contribution in [2.24, 2.45) is 0 Å². The molecule has 0 spiro atoms. The SMILES string of the molecule is COc1ccc(Cl)c2c(C(C)(C)C(=O)O)c[nH]c12. The second-order valence-electron chi connectivity index (χ2n) is 4.63. The molecule has 5 heteroatoms. The largest absolute Gasteiger partial charge is 0.495 e. The van der Waals surface area contributed by atoms with E-state index in [9.17, 15) is 9.90 Å². The zero-order valence-corrected chi connectivity index (χ0v) is 11.1. The quantitative estimate of drug-likeness (QED) is 0.898. The van der Waals surface area contributed by atoms with Crippen LogP contribution in [0.3, 0.4) is 0 Å². The lowest BCUT2D eigenvalue weighted by Gasteiger charge is -2.18. The number of benzene rings is 1. The molecule has 0 radical (unpaired) electrons. The van der Waals surface area contributed by atoms with E-state index in [2.05, 4.69) is 4.98 Å². The van der Waals surface area contributed by atoms with E-state index in [1.165, 1.54) is 0 Å². The number of carbonyl (C=O) groups is 1. The van der Waals surface area contributed by atoms with Gasteiger partial charge in [0, 0.05) is 11.6 Å². The molecule has 0 amide bonds. The minimum atomic E-state index is -1.02. The number of hydrogen-bond acceptors (Lipinski definition) is 2. The van der Waals surface area contributed by atoms with Gasteiger partial charge in [-0.15, -0.1) is 0 Å². The van der Waals surface area contributed by atoms with E-state index in [4.69, 9.17) is 16.3 Å². The van der Waals surface area contributed by atoms with Crippen molar-refractivity contribution in [1.82, 2.24) is 4.98 Å². The number of fused-ring (bicyclic) bond motifs is 1. The van der Waals surface area contributed by atoms with Crippen LogP contribution in [0.15, 0.2) is 18.3 Å². The number of ether oxygens (including phenoxy) is 1. The third-order valence-corrected chi connectivity index (χ3v) is 3.49. The number of aromatic amines is 1. The van der Waals surface area contributed by atoms with Crippen LogP contribution in [-0.4, -0.2) is 23.2 Å². The van der Waals surface area contributed by atoms with Gasteiger partial charge >= 0.3 is 5.97 Å².